The number of aromatic hydroxyl groups is 1. The molecule has 0 aliphatic rings. The molecule has 0 heterocycles. The molecule has 0 bridgehead atoms. The van der Waals surface area contributed by atoms with Gasteiger partial charge in [0.1, 0.15) is 5.75 Å². The quantitative estimate of drug-likeness (QED) is 0.564. The van der Waals surface area contributed by atoms with E-state index in [1.807, 2.05) is 0 Å². The summed E-state index contributed by atoms with van der Waals surface area (Å²) in [6, 6.07) is 4.59. The van der Waals surface area contributed by atoms with Gasteiger partial charge < -0.3 is 5.11 Å². The summed E-state index contributed by atoms with van der Waals surface area (Å²) in [4.78, 5) is 0. The highest BCUT2D eigenvalue weighted by Crippen LogP contribution is 2.19. The van der Waals surface area contributed by atoms with Gasteiger partial charge in [0.25, 0.3) is 0 Å². The molecule has 0 fully saturated rings. The van der Waals surface area contributed by atoms with Gasteiger partial charge in [-0.05, 0) is 18.2 Å². The van der Waals surface area contributed by atoms with E-state index in [2.05, 4.69) is 5.92 Å². The summed E-state index contributed by atoms with van der Waals surface area (Å²) in [5.74, 6) is 2.39. The van der Waals surface area contributed by atoms with Crippen molar-refractivity contribution in [1.29, 1.82) is 0 Å². The minimum Gasteiger partial charge on any atom is -0.507 e. The van der Waals surface area contributed by atoms with Crippen molar-refractivity contribution in [2.24, 2.45) is 0 Å². The van der Waals surface area contributed by atoms with Gasteiger partial charge in [0.2, 0.25) is 0 Å². The normalized spacial score (nSPS) is 8.80. The van der Waals surface area contributed by atoms with Gasteiger partial charge in [0.15, 0.2) is 0 Å². The van der Waals surface area contributed by atoms with E-state index in [9.17, 15) is 0 Å². The van der Waals surface area contributed by atoms with E-state index in [1.54, 1.807) is 6.07 Å². The number of hydrogen-bond donors (Lipinski definition) is 1. The highest BCUT2D eigenvalue weighted by atomic mass is 35.5. The summed E-state index contributed by atoms with van der Waals surface area (Å²) in [7, 11) is 0. The largest absolute Gasteiger partial charge is 0.507 e. The highest BCUT2D eigenvalue weighted by Gasteiger charge is 1.96. The first-order valence-electron chi connectivity index (χ1n) is 2.69. The second kappa shape index (κ2) is 2.64. The summed E-state index contributed by atoms with van der Waals surface area (Å²) in [5.41, 5.74) is 0.424. The minimum absolute atomic E-state index is 0.0897. The fraction of sp³-hybridized carbons (Fsp3) is 0. The zero-order valence-electron chi connectivity index (χ0n) is 5.13. The first-order valence-corrected chi connectivity index (χ1v) is 3.07. The maximum absolute atomic E-state index is 9.03. The second-order valence-corrected chi connectivity index (χ2v) is 2.24. The predicted octanol–water partition coefficient (Wildman–Crippen LogP) is 2.03. The average molecular weight is 153 g/mol. The van der Waals surface area contributed by atoms with E-state index in [4.69, 9.17) is 23.1 Å². The van der Waals surface area contributed by atoms with E-state index < -0.39 is 0 Å². The molecule has 50 valence electrons. The maximum atomic E-state index is 9.03. The standard InChI is InChI=1S/C8H5ClO/c1-2-6-5-7(9)3-4-8(6)10/h1,3-5,10H. The fourth-order valence-corrected chi connectivity index (χ4v) is 0.796. The van der Waals surface area contributed by atoms with E-state index in [0.717, 1.165) is 0 Å². The Hall–Kier alpha value is -1.13. The Morgan fingerprint density at radius 1 is 1.50 bits per heavy atom. The molecular formula is C8H5ClO. The van der Waals surface area contributed by atoms with Crippen LogP contribution in [0.15, 0.2) is 18.2 Å². The Kier molecular flexibility index (Phi) is 1.84. The van der Waals surface area contributed by atoms with Gasteiger partial charge in [-0.3, -0.25) is 0 Å². The summed E-state index contributed by atoms with van der Waals surface area (Å²) in [6.07, 6.45) is 5.05. The monoisotopic (exact) mass is 152 g/mol. The third-order valence-electron chi connectivity index (χ3n) is 1.11. The van der Waals surface area contributed by atoms with Gasteiger partial charge in [-0.1, -0.05) is 17.5 Å². The molecule has 1 nitrogen and oxygen atoms in total. The molecule has 0 saturated carbocycles. The lowest BCUT2D eigenvalue weighted by atomic mass is 10.2. The molecule has 1 aromatic rings. The van der Waals surface area contributed by atoms with Crippen LogP contribution in [0.2, 0.25) is 5.02 Å². The van der Waals surface area contributed by atoms with Crippen LogP contribution in [-0.2, 0) is 0 Å². The number of rotatable bonds is 0. The van der Waals surface area contributed by atoms with Crippen LogP contribution in [-0.4, -0.2) is 5.11 Å². The molecular weight excluding hydrogens is 148 g/mol. The SMILES string of the molecule is C#Cc1cc(Cl)ccc1O. The van der Waals surface area contributed by atoms with Crippen molar-refractivity contribution >= 4 is 11.6 Å². The van der Waals surface area contributed by atoms with Crippen LogP contribution in [0.25, 0.3) is 0 Å². The number of terminal acetylenes is 1. The predicted molar refractivity (Wildman–Crippen MR) is 41.1 cm³/mol. The van der Waals surface area contributed by atoms with Crippen LogP contribution in [0.4, 0.5) is 0 Å². The van der Waals surface area contributed by atoms with Gasteiger partial charge in [0.05, 0.1) is 5.56 Å². The van der Waals surface area contributed by atoms with E-state index in [1.165, 1.54) is 12.1 Å². The third-order valence-corrected chi connectivity index (χ3v) is 1.35. The Morgan fingerprint density at radius 2 is 2.20 bits per heavy atom. The van der Waals surface area contributed by atoms with Crippen molar-refractivity contribution < 1.29 is 5.11 Å². The molecule has 0 radical (unpaired) electrons. The van der Waals surface area contributed by atoms with Crippen molar-refractivity contribution in [3.8, 4) is 18.1 Å². The van der Waals surface area contributed by atoms with Crippen LogP contribution in [0.3, 0.4) is 0 Å². The van der Waals surface area contributed by atoms with Gasteiger partial charge >= 0.3 is 0 Å². The minimum atomic E-state index is 0.0897. The van der Waals surface area contributed by atoms with E-state index in [0.29, 0.717) is 10.6 Å². The van der Waals surface area contributed by atoms with E-state index in [-0.39, 0.29) is 5.75 Å². The van der Waals surface area contributed by atoms with Crippen molar-refractivity contribution in [2.45, 2.75) is 0 Å². The molecule has 1 aromatic carbocycles. The van der Waals surface area contributed by atoms with Crippen LogP contribution >= 0.6 is 11.6 Å². The number of phenolic OH excluding ortho intramolecular Hbond substituents is 1. The molecule has 1 rings (SSSR count). The fourth-order valence-electron chi connectivity index (χ4n) is 0.624. The molecule has 0 amide bonds. The van der Waals surface area contributed by atoms with E-state index >= 15 is 0 Å². The molecule has 0 unspecified atom stereocenters. The molecule has 0 aliphatic heterocycles. The van der Waals surface area contributed by atoms with Crippen molar-refractivity contribution in [1.82, 2.24) is 0 Å². The van der Waals surface area contributed by atoms with Gasteiger partial charge in [0, 0.05) is 5.02 Å². The molecule has 0 saturated heterocycles. The zero-order chi connectivity index (χ0) is 7.56. The lowest BCUT2D eigenvalue weighted by molar-refractivity contribution is 0.474. The number of halogens is 1. The summed E-state index contributed by atoms with van der Waals surface area (Å²) in [6.45, 7) is 0. The molecule has 0 atom stereocenters. The second-order valence-electron chi connectivity index (χ2n) is 1.81. The number of phenols is 1. The molecule has 0 aromatic heterocycles. The van der Waals surface area contributed by atoms with Crippen molar-refractivity contribution in [3.05, 3.63) is 28.8 Å². The lowest BCUT2D eigenvalue weighted by Crippen LogP contribution is -1.74. The average Bonchev–Trinajstić information content (AvgIpc) is 1.94. The third kappa shape index (κ3) is 1.23. The number of hydrogen-bond acceptors (Lipinski definition) is 1. The topological polar surface area (TPSA) is 20.2 Å². The highest BCUT2D eigenvalue weighted by molar-refractivity contribution is 6.30. The van der Waals surface area contributed by atoms with Crippen LogP contribution in [0.5, 0.6) is 5.75 Å². The van der Waals surface area contributed by atoms with Crippen molar-refractivity contribution in [2.75, 3.05) is 0 Å². The van der Waals surface area contributed by atoms with Crippen LogP contribution in [0.1, 0.15) is 5.56 Å². The smallest absolute Gasteiger partial charge is 0.131 e. The van der Waals surface area contributed by atoms with Gasteiger partial charge in [-0.2, -0.15) is 0 Å². The Bertz CT molecular complexity index is 286. The van der Waals surface area contributed by atoms with Crippen LogP contribution < -0.4 is 0 Å². The number of benzene rings is 1. The Morgan fingerprint density at radius 3 is 2.70 bits per heavy atom. The lowest BCUT2D eigenvalue weighted by Gasteiger charge is -1.95. The Labute approximate surface area is 64.3 Å². The zero-order valence-corrected chi connectivity index (χ0v) is 5.89. The van der Waals surface area contributed by atoms with Gasteiger partial charge in [-0.15, -0.1) is 6.42 Å². The first kappa shape index (κ1) is 6.98. The molecule has 2 heteroatoms. The summed E-state index contributed by atoms with van der Waals surface area (Å²) < 4.78 is 0. The molecule has 0 aliphatic carbocycles. The first-order chi connectivity index (χ1) is 4.74. The van der Waals surface area contributed by atoms with Crippen LogP contribution in [0, 0.1) is 12.3 Å². The van der Waals surface area contributed by atoms with Gasteiger partial charge in [-0.25, -0.2) is 0 Å². The summed E-state index contributed by atoms with van der Waals surface area (Å²) in [5, 5.41) is 9.57. The molecule has 1 N–H and O–H groups in total. The summed E-state index contributed by atoms with van der Waals surface area (Å²) >= 11 is 5.59. The molecule has 10 heavy (non-hydrogen) atoms. The molecule has 0 spiro atoms. The Balaban J connectivity index is 3.25. The maximum Gasteiger partial charge on any atom is 0.131 e. The van der Waals surface area contributed by atoms with Crippen molar-refractivity contribution in [3.63, 3.8) is 0 Å².